The van der Waals surface area contributed by atoms with Gasteiger partial charge in [-0.3, -0.25) is 0 Å². The Bertz CT molecular complexity index is 203. The fraction of sp³-hybridized carbons (Fsp3) is 1.00. The Morgan fingerprint density at radius 1 is 1.06 bits per heavy atom. The third-order valence-electron chi connectivity index (χ3n) is 4.84. The van der Waals surface area contributed by atoms with E-state index in [1.165, 1.54) is 64.5 Å². The zero-order valence-corrected chi connectivity index (χ0v) is 11.8. The Balaban J connectivity index is 1.55. The maximum atomic E-state index is 3.68. The summed E-state index contributed by atoms with van der Waals surface area (Å²) in [7, 11) is 2.33. The van der Waals surface area contributed by atoms with Gasteiger partial charge in [0.2, 0.25) is 0 Å². The molecule has 0 radical (unpaired) electrons. The molecule has 2 heteroatoms. The summed E-state index contributed by atoms with van der Waals surface area (Å²) in [5.74, 6) is 0.954. The predicted molar refractivity (Wildman–Crippen MR) is 74.3 cm³/mol. The molecule has 2 atom stereocenters. The minimum Gasteiger partial charge on any atom is -0.316 e. The Morgan fingerprint density at radius 3 is 2.41 bits per heavy atom. The Kier molecular flexibility index (Phi) is 5.30. The Morgan fingerprint density at radius 2 is 1.76 bits per heavy atom. The van der Waals surface area contributed by atoms with Crippen LogP contribution in [0.2, 0.25) is 0 Å². The van der Waals surface area contributed by atoms with E-state index in [0.717, 1.165) is 18.0 Å². The zero-order valence-electron chi connectivity index (χ0n) is 11.8. The number of hydrogen-bond acceptors (Lipinski definition) is 2. The standard InChI is InChI=1S/C15H30N2/c1-3-4-5-6-9-16-12-13-10-14-7-8-15(11-13)17(14)2/h13-16H,3-12H2,1-2H3. The summed E-state index contributed by atoms with van der Waals surface area (Å²) < 4.78 is 0. The summed E-state index contributed by atoms with van der Waals surface area (Å²) in [5, 5.41) is 3.68. The highest BCUT2D eigenvalue weighted by atomic mass is 15.2. The van der Waals surface area contributed by atoms with E-state index in [-0.39, 0.29) is 0 Å². The van der Waals surface area contributed by atoms with Gasteiger partial charge in [-0.15, -0.1) is 0 Å². The summed E-state index contributed by atoms with van der Waals surface area (Å²) in [5.41, 5.74) is 0. The lowest BCUT2D eigenvalue weighted by Gasteiger charge is -2.36. The van der Waals surface area contributed by atoms with E-state index in [9.17, 15) is 0 Å². The number of hydrogen-bond donors (Lipinski definition) is 1. The molecule has 2 saturated heterocycles. The van der Waals surface area contributed by atoms with E-state index >= 15 is 0 Å². The largest absolute Gasteiger partial charge is 0.316 e. The van der Waals surface area contributed by atoms with Gasteiger partial charge in [-0.25, -0.2) is 0 Å². The first kappa shape index (κ1) is 13.4. The smallest absolute Gasteiger partial charge is 0.00988 e. The number of nitrogens with zero attached hydrogens (tertiary/aromatic N) is 1. The maximum absolute atomic E-state index is 3.68. The van der Waals surface area contributed by atoms with Gasteiger partial charge < -0.3 is 10.2 Å². The molecule has 0 aromatic heterocycles. The van der Waals surface area contributed by atoms with Gasteiger partial charge in [-0.1, -0.05) is 26.2 Å². The van der Waals surface area contributed by atoms with Crippen LogP contribution in [0, 0.1) is 5.92 Å². The minimum atomic E-state index is 0.903. The normalized spacial score (nSPS) is 33.2. The molecule has 2 rings (SSSR count). The molecule has 2 unspecified atom stereocenters. The van der Waals surface area contributed by atoms with Crippen molar-refractivity contribution in [2.75, 3.05) is 20.1 Å². The topological polar surface area (TPSA) is 15.3 Å². The second kappa shape index (κ2) is 6.75. The van der Waals surface area contributed by atoms with Crippen LogP contribution in [-0.2, 0) is 0 Å². The molecule has 0 amide bonds. The first-order valence-corrected chi connectivity index (χ1v) is 7.74. The van der Waals surface area contributed by atoms with Crippen LogP contribution in [-0.4, -0.2) is 37.1 Å². The molecular weight excluding hydrogens is 208 g/mol. The molecule has 0 saturated carbocycles. The van der Waals surface area contributed by atoms with Gasteiger partial charge in [0, 0.05) is 12.1 Å². The van der Waals surface area contributed by atoms with Gasteiger partial charge in [-0.05, 0) is 58.2 Å². The predicted octanol–water partition coefficient (Wildman–Crippen LogP) is 3.03. The van der Waals surface area contributed by atoms with Crippen molar-refractivity contribution in [3.63, 3.8) is 0 Å². The lowest BCUT2D eigenvalue weighted by atomic mass is 9.91. The van der Waals surface area contributed by atoms with Crippen molar-refractivity contribution >= 4 is 0 Å². The van der Waals surface area contributed by atoms with Gasteiger partial charge in [0.25, 0.3) is 0 Å². The molecule has 2 heterocycles. The fourth-order valence-electron chi connectivity index (χ4n) is 3.67. The van der Waals surface area contributed by atoms with Crippen LogP contribution in [0.5, 0.6) is 0 Å². The van der Waals surface area contributed by atoms with E-state index < -0.39 is 0 Å². The van der Waals surface area contributed by atoms with Crippen molar-refractivity contribution in [1.29, 1.82) is 0 Å². The molecule has 2 aliphatic heterocycles. The highest BCUT2D eigenvalue weighted by molar-refractivity contribution is 4.93. The molecule has 2 nitrogen and oxygen atoms in total. The lowest BCUT2D eigenvalue weighted by Crippen LogP contribution is -2.42. The molecule has 2 fully saturated rings. The van der Waals surface area contributed by atoms with Crippen LogP contribution < -0.4 is 5.32 Å². The zero-order chi connectivity index (χ0) is 12.1. The number of fused-ring (bicyclic) bond motifs is 2. The molecule has 0 aromatic rings. The van der Waals surface area contributed by atoms with Gasteiger partial charge >= 0.3 is 0 Å². The Labute approximate surface area is 107 Å². The minimum absolute atomic E-state index is 0.903. The number of unbranched alkanes of at least 4 members (excludes halogenated alkanes) is 3. The van der Waals surface area contributed by atoms with Gasteiger partial charge in [0.1, 0.15) is 0 Å². The highest BCUT2D eigenvalue weighted by Gasteiger charge is 2.37. The van der Waals surface area contributed by atoms with Gasteiger partial charge in [-0.2, -0.15) is 0 Å². The number of piperidine rings is 1. The summed E-state index contributed by atoms with van der Waals surface area (Å²) in [4.78, 5) is 2.64. The van der Waals surface area contributed by atoms with Crippen molar-refractivity contribution in [3.05, 3.63) is 0 Å². The molecule has 17 heavy (non-hydrogen) atoms. The fourth-order valence-corrected chi connectivity index (χ4v) is 3.67. The molecule has 2 bridgehead atoms. The van der Waals surface area contributed by atoms with Crippen LogP contribution in [0.4, 0.5) is 0 Å². The van der Waals surface area contributed by atoms with E-state index in [2.05, 4.69) is 24.2 Å². The van der Waals surface area contributed by atoms with Crippen molar-refractivity contribution in [3.8, 4) is 0 Å². The summed E-state index contributed by atoms with van der Waals surface area (Å²) in [6.45, 7) is 4.79. The van der Waals surface area contributed by atoms with Crippen LogP contribution in [0.15, 0.2) is 0 Å². The van der Waals surface area contributed by atoms with Crippen LogP contribution in [0.1, 0.15) is 58.3 Å². The first-order chi connectivity index (χ1) is 8.31. The second-order valence-corrected chi connectivity index (χ2v) is 6.15. The second-order valence-electron chi connectivity index (χ2n) is 6.15. The highest BCUT2D eigenvalue weighted by Crippen LogP contribution is 2.36. The average molecular weight is 238 g/mol. The molecule has 100 valence electrons. The van der Waals surface area contributed by atoms with Crippen LogP contribution in [0.3, 0.4) is 0 Å². The lowest BCUT2D eigenvalue weighted by molar-refractivity contribution is 0.133. The quantitative estimate of drug-likeness (QED) is 0.686. The van der Waals surface area contributed by atoms with Crippen LogP contribution in [0.25, 0.3) is 0 Å². The van der Waals surface area contributed by atoms with Gasteiger partial charge in [0.15, 0.2) is 0 Å². The monoisotopic (exact) mass is 238 g/mol. The third kappa shape index (κ3) is 3.69. The molecule has 2 aliphatic rings. The van der Waals surface area contributed by atoms with E-state index in [1.54, 1.807) is 0 Å². The van der Waals surface area contributed by atoms with Crippen molar-refractivity contribution < 1.29 is 0 Å². The van der Waals surface area contributed by atoms with Crippen molar-refractivity contribution in [1.82, 2.24) is 10.2 Å². The van der Waals surface area contributed by atoms with E-state index in [0.29, 0.717) is 0 Å². The van der Waals surface area contributed by atoms with E-state index in [1.807, 2.05) is 0 Å². The summed E-state index contributed by atoms with van der Waals surface area (Å²) >= 11 is 0. The summed E-state index contributed by atoms with van der Waals surface area (Å²) in [6.07, 6.45) is 11.3. The SMILES string of the molecule is CCCCCCNCC1CC2CCC(C1)N2C. The van der Waals surface area contributed by atoms with Gasteiger partial charge in [0.05, 0.1) is 0 Å². The average Bonchev–Trinajstić information content (AvgIpc) is 2.55. The molecule has 0 aromatic carbocycles. The van der Waals surface area contributed by atoms with Crippen molar-refractivity contribution in [2.24, 2.45) is 5.92 Å². The number of rotatable bonds is 7. The first-order valence-electron chi connectivity index (χ1n) is 7.74. The molecule has 0 aliphatic carbocycles. The van der Waals surface area contributed by atoms with Crippen LogP contribution >= 0.6 is 0 Å². The molecule has 1 N–H and O–H groups in total. The maximum Gasteiger partial charge on any atom is 0.00988 e. The molecule has 0 spiro atoms. The third-order valence-corrected chi connectivity index (χ3v) is 4.84. The van der Waals surface area contributed by atoms with Crippen molar-refractivity contribution in [2.45, 2.75) is 70.4 Å². The molecular formula is C15H30N2. The summed E-state index contributed by atoms with van der Waals surface area (Å²) in [6, 6.07) is 1.81. The Hall–Kier alpha value is -0.0800. The number of nitrogens with one attached hydrogen (secondary N) is 1. The van der Waals surface area contributed by atoms with E-state index in [4.69, 9.17) is 0 Å².